The molecule has 2 fully saturated rings. The molecule has 0 saturated carbocycles. The third kappa shape index (κ3) is 3.09. The van der Waals surface area contributed by atoms with E-state index in [1.54, 1.807) is 25.3 Å². The standard InChI is InChI=1S/C16H22N2O4/c1-20-15-3-2-12(10-13(15)17)14(19)11-18-6-4-16(5-7-18)21-8-9-22-16/h2-3,10H,4-9,11,17H2,1H3. The Morgan fingerprint density at radius 1 is 1.32 bits per heavy atom. The monoisotopic (exact) mass is 306 g/mol. The minimum Gasteiger partial charge on any atom is -0.495 e. The van der Waals surface area contributed by atoms with Gasteiger partial charge in [-0.3, -0.25) is 9.69 Å². The lowest BCUT2D eigenvalue weighted by atomic mass is 10.0. The molecule has 22 heavy (non-hydrogen) atoms. The van der Waals surface area contributed by atoms with Crippen LogP contribution in [-0.4, -0.2) is 56.4 Å². The number of Topliss-reactive ketones (excluding diaryl/α,β-unsaturated/α-hetero) is 1. The van der Waals surface area contributed by atoms with Gasteiger partial charge in [-0.2, -0.15) is 0 Å². The lowest BCUT2D eigenvalue weighted by Crippen LogP contribution is -2.46. The lowest BCUT2D eigenvalue weighted by Gasteiger charge is -2.37. The minimum absolute atomic E-state index is 0.0681. The second kappa shape index (κ2) is 6.24. The Morgan fingerprint density at radius 2 is 2.00 bits per heavy atom. The van der Waals surface area contributed by atoms with Crippen LogP contribution >= 0.6 is 0 Å². The molecule has 0 aliphatic carbocycles. The molecule has 1 aromatic rings. The van der Waals surface area contributed by atoms with E-state index >= 15 is 0 Å². The number of hydrogen-bond acceptors (Lipinski definition) is 6. The summed E-state index contributed by atoms with van der Waals surface area (Å²) in [5.74, 6) is 0.259. The number of methoxy groups -OCH3 is 1. The maximum Gasteiger partial charge on any atom is 0.176 e. The van der Waals surface area contributed by atoms with Crippen LogP contribution in [0.25, 0.3) is 0 Å². The molecule has 0 atom stereocenters. The van der Waals surface area contributed by atoms with Crippen molar-refractivity contribution in [2.75, 3.05) is 45.7 Å². The fourth-order valence-electron chi connectivity index (χ4n) is 3.04. The SMILES string of the molecule is COc1ccc(C(=O)CN2CCC3(CC2)OCCO3)cc1N. The Morgan fingerprint density at radius 3 is 2.59 bits per heavy atom. The largest absolute Gasteiger partial charge is 0.495 e. The number of hydrogen-bond donors (Lipinski definition) is 1. The summed E-state index contributed by atoms with van der Waals surface area (Å²) in [5, 5.41) is 0. The number of nitrogen functional groups attached to an aromatic ring is 1. The fourth-order valence-corrected chi connectivity index (χ4v) is 3.04. The fraction of sp³-hybridized carbons (Fsp3) is 0.562. The molecule has 0 unspecified atom stereocenters. The summed E-state index contributed by atoms with van der Waals surface area (Å²) >= 11 is 0. The van der Waals surface area contributed by atoms with Crippen molar-refractivity contribution in [3.8, 4) is 5.75 Å². The number of nitrogens with two attached hydrogens (primary N) is 1. The number of likely N-dealkylation sites (tertiary alicyclic amines) is 1. The average molecular weight is 306 g/mol. The van der Waals surface area contributed by atoms with Gasteiger partial charge in [0.15, 0.2) is 11.6 Å². The highest BCUT2D eigenvalue weighted by molar-refractivity contribution is 5.98. The molecule has 2 N–H and O–H groups in total. The number of anilines is 1. The van der Waals surface area contributed by atoms with Crippen molar-refractivity contribution in [3.05, 3.63) is 23.8 Å². The molecule has 0 radical (unpaired) electrons. The molecule has 0 amide bonds. The second-order valence-corrected chi connectivity index (χ2v) is 5.76. The molecule has 3 rings (SSSR count). The summed E-state index contributed by atoms with van der Waals surface area (Å²) in [7, 11) is 1.56. The predicted octanol–water partition coefficient (Wildman–Crippen LogP) is 1.30. The maximum absolute atomic E-state index is 12.4. The summed E-state index contributed by atoms with van der Waals surface area (Å²) in [6, 6.07) is 5.16. The second-order valence-electron chi connectivity index (χ2n) is 5.76. The molecule has 2 heterocycles. The van der Waals surface area contributed by atoms with Crippen LogP contribution in [0.2, 0.25) is 0 Å². The topological polar surface area (TPSA) is 74.0 Å². The Hall–Kier alpha value is -1.63. The van der Waals surface area contributed by atoms with Gasteiger partial charge in [-0.1, -0.05) is 0 Å². The highest BCUT2D eigenvalue weighted by Gasteiger charge is 2.39. The molecule has 1 spiro atoms. The van der Waals surface area contributed by atoms with Crippen molar-refractivity contribution in [3.63, 3.8) is 0 Å². The Labute approximate surface area is 130 Å². The third-order valence-corrected chi connectivity index (χ3v) is 4.35. The van der Waals surface area contributed by atoms with Gasteiger partial charge in [-0.05, 0) is 18.2 Å². The van der Waals surface area contributed by atoms with Gasteiger partial charge in [0.05, 0.1) is 32.6 Å². The molecule has 2 saturated heterocycles. The zero-order valence-electron chi connectivity index (χ0n) is 12.8. The van der Waals surface area contributed by atoms with Crippen molar-refractivity contribution in [2.45, 2.75) is 18.6 Å². The van der Waals surface area contributed by atoms with Crippen molar-refractivity contribution in [1.82, 2.24) is 4.90 Å². The highest BCUT2D eigenvalue weighted by Crippen LogP contribution is 2.31. The van der Waals surface area contributed by atoms with E-state index in [2.05, 4.69) is 4.90 Å². The first-order valence-electron chi connectivity index (χ1n) is 7.59. The lowest BCUT2D eigenvalue weighted by molar-refractivity contribution is -0.184. The Bertz CT molecular complexity index is 545. The zero-order chi connectivity index (χ0) is 15.6. The average Bonchev–Trinajstić information content (AvgIpc) is 2.98. The van der Waals surface area contributed by atoms with Crippen LogP contribution in [0.15, 0.2) is 18.2 Å². The Balaban J connectivity index is 1.57. The summed E-state index contributed by atoms with van der Waals surface area (Å²) in [6.07, 6.45) is 1.62. The van der Waals surface area contributed by atoms with Gasteiger partial charge in [0.1, 0.15) is 5.75 Å². The normalized spacial score (nSPS) is 21.1. The summed E-state index contributed by atoms with van der Waals surface area (Å²) in [4.78, 5) is 14.5. The number of ketones is 1. The number of ether oxygens (including phenoxy) is 3. The van der Waals surface area contributed by atoms with Gasteiger partial charge in [-0.15, -0.1) is 0 Å². The molecule has 2 aliphatic rings. The van der Waals surface area contributed by atoms with E-state index in [0.29, 0.717) is 36.8 Å². The van der Waals surface area contributed by atoms with Crippen LogP contribution in [0.5, 0.6) is 5.75 Å². The van der Waals surface area contributed by atoms with E-state index in [1.807, 2.05) is 0 Å². The number of nitrogens with zero attached hydrogens (tertiary/aromatic N) is 1. The number of piperidine rings is 1. The summed E-state index contributed by atoms with van der Waals surface area (Å²) in [6.45, 7) is 3.34. The first kappa shape index (κ1) is 15.3. The van der Waals surface area contributed by atoms with Crippen LogP contribution in [0, 0.1) is 0 Å². The highest BCUT2D eigenvalue weighted by atomic mass is 16.7. The first-order chi connectivity index (χ1) is 10.6. The predicted molar refractivity (Wildman–Crippen MR) is 82.0 cm³/mol. The van der Waals surface area contributed by atoms with E-state index in [9.17, 15) is 4.79 Å². The van der Waals surface area contributed by atoms with Crippen molar-refractivity contribution >= 4 is 11.5 Å². The van der Waals surface area contributed by atoms with Crippen LogP contribution < -0.4 is 10.5 Å². The Kier molecular flexibility index (Phi) is 4.33. The van der Waals surface area contributed by atoms with Gasteiger partial charge in [-0.25, -0.2) is 0 Å². The van der Waals surface area contributed by atoms with E-state index in [1.165, 1.54) is 0 Å². The van der Waals surface area contributed by atoms with Crippen molar-refractivity contribution in [2.24, 2.45) is 0 Å². The van der Waals surface area contributed by atoms with Crippen molar-refractivity contribution < 1.29 is 19.0 Å². The van der Waals surface area contributed by atoms with Crippen LogP contribution in [0.3, 0.4) is 0 Å². The van der Waals surface area contributed by atoms with E-state index < -0.39 is 5.79 Å². The molecule has 0 aromatic heterocycles. The molecular formula is C16H22N2O4. The number of carbonyl (C=O) groups excluding carboxylic acids is 1. The van der Waals surface area contributed by atoms with Crippen LogP contribution in [0.1, 0.15) is 23.2 Å². The number of rotatable bonds is 4. The van der Waals surface area contributed by atoms with Gasteiger partial charge in [0.25, 0.3) is 0 Å². The minimum atomic E-state index is -0.399. The van der Waals surface area contributed by atoms with Gasteiger partial charge < -0.3 is 19.9 Å². The summed E-state index contributed by atoms with van der Waals surface area (Å²) in [5.41, 5.74) is 6.96. The summed E-state index contributed by atoms with van der Waals surface area (Å²) < 4.78 is 16.5. The zero-order valence-corrected chi connectivity index (χ0v) is 12.8. The van der Waals surface area contributed by atoms with Crippen LogP contribution in [-0.2, 0) is 9.47 Å². The third-order valence-electron chi connectivity index (χ3n) is 4.35. The van der Waals surface area contributed by atoms with Crippen molar-refractivity contribution in [1.29, 1.82) is 0 Å². The van der Waals surface area contributed by atoms with Gasteiger partial charge >= 0.3 is 0 Å². The van der Waals surface area contributed by atoms with Gasteiger partial charge in [0, 0.05) is 31.5 Å². The molecule has 0 bridgehead atoms. The number of benzene rings is 1. The van der Waals surface area contributed by atoms with E-state index in [0.717, 1.165) is 25.9 Å². The maximum atomic E-state index is 12.4. The van der Waals surface area contributed by atoms with E-state index in [4.69, 9.17) is 19.9 Å². The van der Waals surface area contributed by atoms with Crippen LogP contribution in [0.4, 0.5) is 5.69 Å². The smallest absolute Gasteiger partial charge is 0.176 e. The molecule has 120 valence electrons. The molecular weight excluding hydrogens is 284 g/mol. The van der Waals surface area contributed by atoms with E-state index in [-0.39, 0.29) is 5.78 Å². The quantitative estimate of drug-likeness (QED) is 0.667. The molecule has 2 aliphatic heterocycles. The first-order valence-corrected chi connectivity index (χ1v) is 7.59. The molecule has 1 aromatic carbocycles. The van der Waals surface area contributed by atoms with Gasteiger partial charge in [0.2, 0.25) is 0 Å². The number of carbonyl (C=O) groups is 1. The molecule has 6 nitrogen and oxygen atoms in total. The molecule has 6 heteroatoms.